The molecule has 140 valence electrons. The van der Waals surface area contributed by atoms with E-state index >= 15 is 0 Å². The van der Waals surface area contributed by atoms with E-state index in [9.17, 15) is 9.59 Å². The number of aliphatic carboxylic acids is 1. The number of carbonyl (C=O) groups excluding carboxylic acids is 1. The van der Waals surface area contributed by atoms with Gasteiger partial charge in [0.25, 0.3) is 0 Å². The Morgan fingerprint density at radius 1 is 1.20 bits per heavy atom. The van der Waals surface area contributed by atoms with Gasteiger partial charge in [-0.3, -0.25) is 4.79 Å². The van der Waals surface area contributed by atoms with Crippen LogP contribution in [0.25, 0.3) is 0 Å². The molecule has 1 aromatic carbocycles. The molecule has 0 spiro atoms. The normalized spacial score (nSPS) is 12.5. The van der Waals surface area contributed by atoms with Crippen LogP contribution in [0, 0.1) is 0 Å². The van der Waals surface area contributed by atoms with Gasteiger partial charge in [-0.2, -0.15) is 0 Å². The molecule has 0 heterocycles. The number of rotatable bonds is 10. The van der Waals surface area contributed by atoms with E-state index in [4.69, 9.17) is 19.3 Å². The highest BCUT2D eigenvalue weighted by Gasteiger charge is 2.17. The number of esters is 1. The molecular formula is C18H27NO6. The first-order chi connectivity index (χ1) is 11.7. The Morgan fingerprint density at radius 3 is 2.36 bits per heavy atom. The van der Waals surface area contributed by atoms with Gasteiger partial charge in [0.1, 0.15) is 18.0 Å². The number of carbonyl (C=O) groups is 2. The molecule has 1 aromatic rings. The number of benzene rings is 1. The third-order valence-electron chi connectivity index (χ3n) is 3.14. The third kappa shape index (κ3) is 9.07. The second-order valence-electron chi connectivity index (χ2n) is 6.52. The van der Waals surface area contributed by atoms with Crippen LogP contribution in [-0.4, -0.2) is 55.6 Å². The maximum absolute atomic E-state index is 11.5. The topological polar surface area (TPSA) is 94.1 Å². The fraction of sp³-hybridized carbons (Fsp3) is 0.556. The lowest BCUT2D eigenvalue weighted by Crippen LogP contribution is -2.33. The Bertz CT molecular complexity index is 550. The van der Waals surface area contributed by atoms with Gasteiger partial charge < -0.3 is 24.6 Å². The molecule has 1 rings (SSSR count). The van der Waals surface area contributed by atoms with Crippen LogP contribution >= 0.6 is 0 Å². The minimum absolute atomic E-state index is 0.132. The molecule has 7 heteroatoms. The van der Waals surface area contributed by atoms with Gasteiger partial charge in [0.05, 0.1) is 6.54 Å². The highest BCUT2D eigenvalue weighted by molar-refractivity contribution is 5.72. The number of hydrogen-bond acceptors (Lipinski definition) is 6. The first-order valence-electron chi connectivity index (χ1n) is 8.11. The zero-order valence-corrected chi connectivity index (χ0v) is 15.2. The number of nitrogens with one attached hydrogen (secondary N) is 1. The van der Waals surface area contributed by atoms with Crippen molar-refractivity contribution in [1.82, 2.24) is 5.32 Å². The Kier molecular flexibility index (Phi) is 8.37. The first kappa shape index (κ1) is 20.9. The lowest BCUT2D eigenvalue weighted by Gasteiger charge is -2.19. The molecule has 0 saturated carbocycles. The summed E-state index contributed by atoms with van der Waals surface area (Å²) in [6.45, 7) is 6.51. The second-order valence-corrected chi connectivity index (χ2v) is 6.52. The molecule has 0 aliphatic heterocycles. The summed E-state index contributed by atoms with van der Waals surface area (Å²) in [5.74, 6) is -0.617. The molecule has 1 unspecified atom stereocenters. The molecule has 0 radical (unpaired) electrons. The highest BCUT2D eigenvalue weighted by Crippen LogP contribution is 2.14. The predicted molar refractivity (Wildman–Crippen MR) is 92.8 cm³/mol. The average Bonchev–Trinajstić information content (AvgIpc) is 2.51. The van der Waals surface area contributed by atoms with E-state index in [-0.39, 0.29) is 12.5 Å². The van der Waals surface area contributed by atoms with Crippen molar-refractivity contribution in [3.63, 3.8) is 0 Å². The summed E-state index contributed by atoms with van der Waals surface area (Å²) in [4.78, 5) is 22.5. The standard InChI is InChI=1S/C18H27NO6/c1-18(2,3)25-16(20)12-19-9-10-24-14-7-5-13(6-8-14)11-15(23-4)17(21)22/h5-8,15,19H,9-12H2,1-4H3,(H,21,22). The molecule has 0 saturated heterocycles. The molecule has 7 nitrogen and oxygen atoms in total. The lowest BCUT2D eigenvalue weighted by atomic mass is 10.1. The highest BCUT2D eigenvalue weighted by atomic mass is 16.6. The van der Waals surface area contributed by atoms with E-state index in [2.05, 4.69) is 5.32 Å². The largest absolute Gasteiger partial charge is 0.492 e. The molecule has 0 aliphatic rings. The Morgan fingerprint density at radius 2 is 1.84 bits per heavy atom. The predicted octanol–water partition coefficient (Wildman–Crippen LogP) is 1.64. The summed E-state index contributed by atoms with van der Waals surface area (Å²) in [6.07, 6.45) is -0.562. The molecule has 2 N–H and O–H groups in total. The Labute approximate surface area is 148 Å². The molecule has 0 aromatic heterocycles. The van der Waals surface area contributed by atoms with Crippen molar-refractivity contribution in [3.8, 4) is 5.75 Å². The van der Waals surface area contributed by atoms with Crippen molar-refractivity contribution in [2.45, 2.75) is 38.9 Å². The minimum atomic E-state index is -0.987. The van der Waals surface area contributed by atoms with Gasteiger partial charge in [0.2, 0.25) is 0 Å². The van der Waals surface area contributed by atoms with Gasteiger partial charge in [0, 0.05) is 20.1 Å². The van der Waals surface area contributed by atoms with Crippen LogP contribution in [0.5, 0.6) is 5.75 Å². The maximum atomic E-state index is 11.5. The van der Waals surface area contributed by atoms with Crippen molar-refractivity contribution in [2.75, 3.05) is 26.8 Å². The van der Waals surface area contributed by atoms with Crippen molar-refractivity contribution in [2.24, 2.45) is 0 Å². The number of ether oxygens (including phenoxy) is 3. The van der Waals surface area contributed by atoms with Crippen LogP contribution in [0.3, 0.4) is 0 Å². The van der Waals surface area contributed by atoms with Gasteiger partial charge in [-0.1, -0.05) is 12.1 Å². The van der Waals surface area contributed by atoms with Gasteiger partial charge >= 0.3 is 11.9 Å². The van der Waals surface area contributed by atoms with Crippen LogP contribution in [0.15, 0.2) is 24.3 Å². The third-order valence-corrected chi connectivity index (χ3v) is 3.14. The van der Waals surface area contributed by atoms with E-state index in [0.29, 0.717) is 25.3 Å². The van der Waals surface area contributed by atoms with Crippen molar-refractivity contribution in [1.29, 1.82) is 0 Å². The van der Waals surface area contributed by atoms with Crippen molar-refractivity contribution < 1.29 is 28.9 Å². The molecular weight excluding hydrogens is 326 g/mol. The number of hydrogen-bond donors (Lipinski definition) is 2. The summed E-state index contributed by atoms with van der Waals surface area (Å²) in [5, 5.41) is 11.9. The second kappa shape index (κ2) is 10.0. The zero-order valence-electron chi connectivity index (χ0n) is 15.2. The fourth-order valence-electron chi connectivity index (χ4n) is 2.02. The summed E-state index contributed by atoms with van der Waals surface area (Å²) in [6, 6.07) is 7.16. The van der Waals surface area contributed by atoms with Crippen molar-refractivity contribution in [3.05, 3.63) is 29.8 Å². The fourth-order valence-corrected chi connectivity index (χ4v) is 2.02. The SMILES string of the molecule is COC(Cc1ccc(OCCNCC(=O)OC(C)(C)C)cc1)C(=O)O. The van der Waals surface area contributed by atoms with E-state index in [1.807, 2.05) is 20.8 Å². The van der Waals surface area contributed by atoms with Gasteiger partial charge in [0.15, 0.2) is 6.10 Å². The summed E-state index contributed by atoms with van der Waals surface area (Å²) >= 11 is 0. The summed E-state index contributed by atoms with van der Waals surface area (Å²) < 4.78 is 15.6. The molecule has 25 heavy (non-hydrogen) atoms. The maximum Gasteiger partial charge on any atom is 0.333 e. The van der Waals surface area contributed by atoms with Crippen LogP contribution in [0.1, 0.15) is 26.3 Å². The van der Waals surface area contributed by atoms with Crippen molar-refractivity contribution >= 4 is 11.9 Å². The average molecular weight is 353 g/mol. The van der Waals surface area contributed by atoms with Crippen LogP contribution in [0.2, 0.25) is 0 Å². The summed E-state index contributed by atoms with van der Waals surface area (Å²) in [5.41, 5.74) is 0.365. The molecule has 0 fully saturated rings. The van der Waals surface area contributed by atoms with Crippen LogP contribution in [-0.2, 0) is 25.5 Å². The quantitative estimate of drug-likeness (QED) is 0.488. The molecule has 1 atom stereocenters. The number of carboxylic acids is 1. The lowest BCUT2D eigenvalue weighted by molar-refractivity contribution is -0.153. The van der Waals surface area contributed by atoms with E-state index < -0.39 is 17.7 Å². The number of carboxylic acid groups (broad SMARTS) is 1. The molecule has 0 aliphatic carbocycles. The van der Waals surface area contributed by atoms with E-state index in [1.165, 1.54) is 7.11 Å². The first-order valence-corrected chi connectivity index (χ1v) is 8.11. The molecule has 0 amide bonds. The monoisotopic (exact) mass is 353 g/mol. The van der Waals surface area contributed by atoms with Crippen LogP contribution < -0.4 is 10.1 Å². The smallest absolute Gasteiger partial charge is 0.333 e. The summed E-state index contributed by atoms with van der Waals surface area (Å²) in [7, 11) is 1.38. The Balaban J connectivity index is 2.28. The Hall–Kier alpha value is -2.12. The van der Waals surface area contributed by atoms with Crippen LogP contribution in [0.4, 0.5) is 0 Å². The molecule has 0 bridgehead atoms. The van der Waals surface area contributed by atoms with Gasteiger partial charge in [-0.05, 0) is 38.5 Å². The van der Waals surface area contributed by atoms with Gasteiger partial charge in [-0.15, -0.1) is 0 Å². The van der Waals surface area contributed by atoms with E-state index in [1.54, 1.807) is 24.3 Å². The minimum Gasteiger partial charge on any atom is -0.492 e. The zero-order chi connectivity index (χ0) is 18.9. The number of methoxy groups -OCH3 is 1. The van der Waals surface area contributed by atoms with Gasteiger partial charge in [-0.25, -0.2) is 4.79 Å². The van der Waals surface area contributed by atoms with E-state index in [0.717, 1.165) is 5.56 Å².